The summed E-state index contributed by atoms with van der Waals surface area (Å²) in [5, 5.41) is 5.88. The van der Waals surface area contributed by atoms with Crippen LogP contribution in [0.5, 0.6) is 5.75 Å². The van der Waals surface area contributed by atoms with E-state index in [1.807, 2.05) is 49.4 Å². The summed E-state index contributed by atoms with van der Waals surface area (Å²) >= 11 is 1.62. The predicted octanol–water partition coefficient (Wildman–Crippen LogP) is 4.37. The number of thiazole rings is 1. The van der Waals surface area contributed by atoms with Crippen LogP contribution in [0, 0.1) is 0 Å². The number of rotatable bonds is 4. The highest BCUT2D eigenvalue weighted by molar-refractivity contribution is 7.13. The van der Waals surface area contributed by atoms with E-state index in [1.54, 1.807) is 11.3 Å². The summed E-state index contributed by atoms with van der Waals surface area (Å²) in [5.74, 6) is 0.921. The first kappa shape index (κ1) is 14.9. The summed E-state index contributed by atoms with van der Waals surface area (Å²) in [6.45, 7) is 2.64. The molecule has 0 saturated carbocycles. The first-order chi connectivity index (χ1) is 11.7. The van der Waals surface area contributed by atoms with Crippen molar-refractivity contribution in [3.63, 3.8) is 0 Å². The van der Waals surface area contributed by atoms with Crippen LogP contribution in [0.3, 0.4) is 0 Å². The molecule has 1 amide bonds. The summed E-state index contributed by atoms with van der Waals surface area (Å²) in [7, 11) is 0. The van der Waals surface area contributed by atoms with Crippen LogP contribution in [0.4, 0.5) is 5.69 Å². The second kappa shape index (κ2) is 6.09. The molecule has 2 heterocycles. The molecule has 0 saturated heterocycles. The average Bonchev–Trinajstić information content (AvgIpc) is 3.21. The minimum Gasteiger partial charge on any atom is -0.494 e. The molecule has 0 radical (unpaired) electrons. The van der Waals surface area contributed by atoms with Crippen molar-refractivity contribution in [1.29, 1.82) is 0 Å². The van der Waals surface area contributed by atoms with E-state index in [-0.39, 0.29) is 5.91 Å². The van der Waals surface area contributed by atoms with Crippen molar-refractivity contribution in [3.05, 3.63) is 53.4 Å². The van der Waals surface area contributed by atoms with Gasteiger partial charge < -0.3 is 10.1 Å². The molecule has 120 valence electrons. The van der Waals surface area contributed by atoms with Crippen LogP contribution < -0.4 is 10.1 Å². The predicted molar refractivity (Wildman–Crippen MR) is 96.5 cm³/mol. The van der Waals surface area contributed by atoms with Gasteiger partial charge in [0.25, 0.3) is 0 Å². The molecule has 1 aliphatic rings. The number of aromatic nitrogens is 1. The molecule has 1 aromatic heterocycles. The number of anilines is 1. The summed E-state index contributed by atoms with van der Waals surface area (Å²) < 4.78 is 5.47. The number of hydrogen-bond donors (Lipinski definition) is 1. The maximum atomic E-state index is 11.5. The van der Waals surface area contributed by atoms with E-state index in [4.69, 9.17) is 9.72 Å². The average molecular weight is 336 g/mol. The number of nitrogens with one attached hydrogen (secondary N) is 1. The highest BCUT2D eigenvalue weighted by Gasteiger charge is 2.18. The van der Waals surface area contributed by atoms with Gasteiger partial charge in [-0.3, -0.25) is 4.79 Å². The molecule has 1 aliphatic heterocycles. The van der Waals surface area contributed by atoms with Gasteiger partial charge in [0.1, 0.15) is 10.8 Å². The SMILES string of the molecule is CCOc1ccc(-c2nc(-c3ccc4c(c3)CC(=O)N4)cs2)cc1. The van der Waals surface area contributed by atoms with Crippen molar-refractivity contribution in [2.24, 2.45) is 0 Å². The molecule has 4 nitrogen and oxygen atoms in total. The Kier molecular flexibility index (Phi) is 3.78. The molecule has 2 aromatic carbocycles. The van der Waals surface area contributed by atoms with Gasteiger partial charge in [-0.2, -0.15) is 0 Å². The number of nitrogens with zero attached hydrogens (tertiary/aromatic N) is 1. The molecule has 0 aliphatic carbocycles. The standard InChI is InChI=1S/C19H16N2O2S/c1-2-23-15-6-3-12(4-7-15)19-21-17(11-24-19)13-5-8-16-14(9-13)10-18(22)20-16/h3-9,11H,2,10H2,1H3,(H,20,22). The van der Waals surface area contributed by atoms with E-state index in [1.165, 1.54) is 0 Å². The van der Waals surface area contributed by atoms with E-state index in [0.717, 1.165) is 38.8 Å². The lowest BCUT2D eigenvalue weighted by Gasteiger charge is -2.03. The summed E-state index contributed by atoms with van der Waals surface area (Å²) in [4.78, 5) is 16.2. The van der Waals surface area contributed by atoms with Crippen LogP contribution in [0.2, 0.25) is 0 Å². The van der Waals surface area contributed by atoms with E-state index in [0.29, 0.717) is 13.0 Å². The van der Waals surface area contributed by atoms with Crippen LogP contribution in [-0.2, 0) is 11.2 Å². The lowest BCUT2D eigenvalue weighted by Crippen LogP contribution is -2.03. The van der Waals surface area contributed by atoms with Gasteiger partial charge in [-0.1, -0.05) is 6.07 Å². The molecule has 0 atom stereocenters. The highest BCUT2D eigenvalue weighted by atomic mass is 32.1. The van der Waals surface area contributed by atoms with Crippen molar-refractivity contribution in [2.75, 3.05) is 11.9 Å². The number of amides is 1. The molecule has 1 N–H and O–H groups in total. The Balaban J connectivity index is 1.61. The molecule has 0 fully saturated rings. The van der Waals surface area contributed by atoms with Gasteiger partial charge in [0.15, 0.2) is 0 Å². The Morgan fingerprint density at radius 1 is 1.17 bits per heavy atom. The highest BCUT2D eigenvalue weighted by Crippen LogP contribution is 2.33. The number of carbonyl (C=O) groups is 1. The van der Waals surface area contributed by atoms with Crippen molar-refractivity contribution in [2.45, 2.75) is 13.3 Å². The molecular weight excluding hydrogens is 320 g/mol. The van der Waals surface area contributed by atoms with Gasteiger partial charge in [0.05, 0.1) is 18.7 Å². The van der Waals surface area contributed by atoms with E-state index >= 15 is 0 Å². The van der Waals surface area contributed by atoms with Gasteiger partial charge in [-0.25, -0.2) is 4.98 Å². The fourth-order valence-electron chi connectivity index (χ4n) is 2.79. The maximum absolute atomic E-state index is 11.5. The smallest absolute Gasteiger partial charge is 0.228 e. The Hall–Kier alpha value is -2.66. The van der Waals surface area contributed by atoms with Crippen LogP contribution in [0.15, 0.2) is 47.8 Å². The topological polar surface area (TPSA) is 51.2 Å². The quantitative estimate of drug-likeness (QED) is 0.769. The third kappa shape index (κ3) is 2.78. The molecule has 0 unspecified atom stereocenters. The number of fused-ring (bicyclic) bond motifs is 1. The Bertz CT molecular complexity index is 900. The van der Waals surface area contributed by atoms with Gasteiger partial charge in [0.2, 0.25) is 5.91 Å². The molecule has 0 bridgehead atoms. The van der Waals surface area contributed by atoms with Crippen LogP contribution in [0.1, 0.15) is 12.5 Å². The number of carbonyl (C=O) groups excluding carboxylic acids is 1. The van der Waals surface area contributed by atoms with Crippen LogP contribution in [0.25, 0.3) is 21.8 Å². The maximum Gasteiger partial charge on any atom is 0.228 e. The van der Waals surface area contributed by atoms with E-state index in [9.17, 15) is 4.79 Å². The lowest BCUT2D eigenvalue weighted by atomic mass is 10.1. The van der Waals surface area contributed by atoms with Crippen molar-refractivity contribution < 1.29 is 9.53 Å². The van der Waals surface area contributed by atoms with E-state index in [2.05, 4.69) is 10.7 Å². The van der Waals surface area contributed by atoms with Crippen molar-refractivity contribution in [3.8, 4) is 27.6 Å². The van der Waals surface area contributed by atoms with Gasteiger partial charge >= 0.3 is 0 Å². The van der Waals surface area contributed by atoms with Crippen LogP contribution in [-0.4, -0.2) is 17.5 Å². The molecule has 24 heavy (non-hydrogen) atoms. The van der Waals surface area contributed by atoms with E-state index < -0.39 is 0 Å². The molecule has 5 heteroatoms. The zero-order valence-corrected chi connectivity index (χ0v) is 14.0. The third-order valence-corrected chi connectivity index (χ3v) is 4.83. The van der Waals surface area contributed by atoms with Crippen molar-refractivity contribution in [1.82, 2.24) is 4.98 Å². The first-order valence-corrected chi connectivity index (χ1v) is 8.73. The van der Waals surface area contributed by atoms with Gasteiger partial charge in [0, 0.05) is 22.2 Å². The molecule has 3 aromatic rings. The van der Waals surface area contributed by atoms with Crippen molar-refractivity contribution >= 4 is 22.9 Å². The Morgan fingerprint density at radius 3 is 2.75 bits per heavy atom. The third-order valence-electron chi connectivity index (χ3n) is 3.94. The summed E-state index contributed by atoms with van der Waals surface area (Å²) in [6, 6.07) is 14.0. The summed E-state index contributed by atoms with van der Waals surface area (Å²) in [5.41, 5.74) is 5.00. The van der Waals surface area contributed by atoms with Gasteiger partial charge in [-0.15, -0.1) is 11.3 Å². The number of benzene rings is 2. The zero-order valence-electron chi connectivity index (χ0n) is 13.2. The Morgan fingerprint density at radius 2 is 1.96 bits per heavy atom. The number of hydrogen-bond acceptors (Lipinski definition) is 4. The summed E-state index contributed by atoms with van der Waals surface area (Å²) in [6.07, 6.45) is 0.444. The normalized spacial score (nSPS) is 12.8. The molecule has 4 rings (SSSR count). The fourth-order valence-corrected chi connectivity index (χ4v) is 3.62. The molecular formula is C19H16N2O2S. The largest absolute Gasteiger partial charge is 0.494 e. The monoisotopic (exact) mass is 336 g/mol. The second-order valence-corrected chi connectivity index (χ2v) is 6.45. The van der Waals surface area contributed by atoms with Gasteiger partial charge in [-0.05, 0) is 48.9 Å². The zero-order chi connectivity index (χ0) is 16.5. The fraction of sp³-hybridized carbons (Fsp3) is 0.158. The number of ether oxygens (including phenoxy) is 1. The lowest BCUT2D eigenvalue weighted by molar-refractivity contribution is -0.115. The minimum absolute atomic E-state index is 0.0514. The minimum atomic E-state index is 0.0514. The van der Waals surface area contributed by atoms with Crippen LogP contribution >= 0.6 is 11.3 Å². The first-order valence-electron chi connectivity index (χ1n) is 7.85. The second-order valence-electron chi connectivity index (χ2n) is 5.59. The Labute approximate surface area is 144 Å². The molecule has 0 spiro atoms.